The zero-order chi connectivity index (χ0) is 15.1. The van der Waals surface area contributed by atoms with Gasteiger partial charge in [0.1, 0.15) is 0 Å². The van der Waals surface area contributed by atoms with Gasteiger partial charge in [-0.05, 0) is 63.5 Å². The smallest absolute Gasteiger partial charge is 0.310 e. The zero-order valence-electron chi connectivity index (χ0n) is 12.8. The number of benzene rings is 1. The second kappa shape index (κ2) is 8.15. The summed E-state index contributed by atoms with van der Waals surface area (Å²) in [6, 6.07) is 7.87. The van der Waals surface area contributed by atoms with Crippen molar-refractivity contribution in [3.8, 4) is 0 Å². The van der Waals surface area contributed by atoms with Crippen molar-refractivity contribution in [2.45, 2.75) is 38.6 Å². The van der Waals surface area contributed by atoms with Crippen molar-refractivity contribution in [1.29, 1.82) is 0 Å². The van der Waals surface area contributed by atoms with Crippen LogP contribution in [0.1, 0.15) is 43.2 Å². The van der Waals surface area contributed by atoms with Gasteiger partial charge in [0.15, 0.2) is 0 Å². The molecule has 1 saturated heterocycles. The average molecular weight is 290 g/mol. The van der Waals surface area contributed by atoms with E-state index >= 15 is 0 Å². The van der Waals surface area contributed by atoms with Crippen molar-refractivity contribution >= 4 is 5.97 Å². The number of rotatable bonds is 8. The van der Waals surface area contributed by atoms with Gasteiger partial charge in [-0.1, -0.05) is 24.3 Å². The molecule has 1 atom stereocenters. The van der Waals surface area contributed by atoms with E-state index in [9.17, 15) is 4.79 Å². The van der Waals surface area contributed by atoms with Crippen molar-refractivity contribution in [2.24, 2.45) is 0 Å². The summed E-state index contributed by atoms with van der Waals surface area (Å²) in [6.07, 6.45) is 3.90. The van der Waals surface area contributed by atoms with Gasteiger partial charge in [0, 0.05) is 6.54 Å². The summed E-state index contributed by atoms with van der Waals surface area (Å²) >= 11 is 0. The highest BCUT2D eigenvalue weighted by atomic mass is 16.4. The number of carboxylic acids is 1. The number of hydrogen-bond acceptors (Lipinski definition) is 3. The Morgan fingerprint density at radius 3 is 2.57 bits per heavy atom. The lowest BCUT2D eigenvalue weighted by atomic mass is 10.0. The van der Waals surface area contributed by atoms with Crippen LogP contribution in [0.3, 0.4) is 0 Å². The van der Waals surface area contributed by atoms with Gasteiger partial charge in [-0.3, -0.25) is 4.79 Å². The molecule has 1 heterocycles. The van der Waals surface area contributed by atoms with E-state index in [1.807, 2.05) is 24.3 Å². The highest BCUT2D eigenvalue weighted by Crippen LogP contribution is 2.16. The van der Waals surface area contributed by atoms with Crippen LogP contribution in [0.5, 0.6) is 0 Å². The normalized spacial score (nSPS) is 17.0. The summed E-state index contributed by atoms with van der Waals surface area (Å²) in [5.74, 6) is -1.21. The largest absolute Gasteiger partial charge is 0.481 e. The molecule has 0 aromatic heterocycles. The molecule has 2 rings (SSSR count). The lowest BCUT2D eigenvalue weighted by molar-refractivity contribution is -0.138. The lowest BCUT2D eigenvalue weighted by Crippen LogP contribution is -2.24. The predicted molar refractivity (Wildman–Crippen MR) is 84.5 cm³/mol. The quantitative estimate of drug-likeness (QED) is 0.722. The van der Waals surface area contributed by atoms with Gasteiger partial charge in [-0.25, -0.2) is 0 Å². The molecule has 1 unspecified atom stereocenters. The summed E-state index contributed by atoms with van der Waals surface area (Å²) in [6.45, 7) is 7.33. The molecule has 116 valence electrons. The van der Waals surface area contributed by atoms with Crippen LogP contribution in [0.25, 0.3) is 0 Å². The Labute approximate surface area is 127 Å². The van der Waals surface area contributed by atoms with Crippen molar-refractivity contribution in [3.63, 3.8) is 0 Å². The highest BCUT2D eigenvalue weighted by molar-refractivity contribution is 5.75. The third kappa shape index (κ3) is 5.14. The molecule has 0 bridgehead atoms. The molecular weight excluding hydrogens is 264 g/mol. The van der Waals surface area contributed by atoms with Crippen LogP contribution >= 0.6 is 0 Å². The van der Waals surface area contributed by atoms with Gasteiger partial charge in [0.05, 0.1) is 5.92 Å². The average Bonchev–Trinajstić information content (AvgIpc) is 3.00. The van der Waals surface area contributed by atoms with Crippen molar-refractivity contribution in [1.82, 2.24) is 10.2 Å². The molecule has 1 aromatic rings. The molecule has 21 heavy (non-hydrogen) atoms. The second-order valence-corrected chi connectivity index (χ2v) is 5.88. The highest BCUT2D eigenvalue weighted by Gasteiger charge is 2.13. The molecule has 0 spiro atoms. The topological polar surface area (TPSA) is 52.6 Å². The van der Waals surface area contributed by atoms with E-state index in [0.717, 1.165) is 18.7 Å². The Bertz CT molecular complexity index is 439. The van der Waals surface area contributed by atoms with Crippen molar-refractivity contribution in [3.05, 3.63) is 35.4 Å². The number of carbonyl (C=O) groups is 1. The Kier molecular flexibility index (Phi) is 6.21. The Hall–Kier alpha value is -1.39. The molecule has 2 N–H and O–H groups in total. The van der Waals surface area contributed by atoms with E-state index in [-0.39, 0.29) is 0 Å². The maximum Gasteiger partial charge on any atom is 0.310 e. The van der Waals surface area contributed by atoms with Gasteiger partial charge < -0.3 is 15.3 Å². The van der Waals surface area contributed by atoms with Crippen LogP contribution in [0, 0.1) is 0 Å². The van der Waals surface area contributed by atoms with Crippen LogP contribution in [0.4, 0.5) is 0 Å². The first-order valence-electron chi connectivity index (χ1n) is 7.91. The summed E-state index contributed by atoms with van der Waals surface area (Å²) in [5, 5.41) is 12.4. The number of carboxylic acid groups (broad SMARTS) is 1. The summed E-state index contributed by atoms with van der Waals surface area (Å²) < 4.78 is 0. The number of likely N-dealkylation sites (tertiary alicyclic amines) is 1. The molecule has 0 saturated carbocycles. The van der Waals surface area contributed by atoms with Gasteiger partial charge in [0.25, 0.3) is 0 Å². The summed E-state index contributed by atoms with van der Waals surface area (Å²) in [7, 11) is 0. The fraction of sp³-hybridized carbons (Fsp3) is 0.588. The molecule has 4 nitrogen and oxygen atoms in total. The van der Waals surface area contributed by atoms with Crippen LogP contribution in [0.15, 0.2) is 24.3 Å². The molecule has 1 aliphatic rings. The Morgan fingerprint density at radius 2 is 1.95 bits per heavy atom. The lowest BCUT2D eigenvalue weighted by Gasteiger charge is -2.14. The minimum absolute atomic E-state index is 0.438. The molecule has 1 aromatic carbocycles. The maximum absolute atomic E-state index is 10.9. The monoisotopic (exact) mass is 290 g/mol. The third-order valence-electron chi connectivity index (χ3n) is 4.21. The fourth-order valence-electron chi connectivity index (χ4n) is 2.73. The molecule has 0 radical (unpaired) electrons. The first-order valence-corrected chi connectivity index (χ1v) is 7.91. The second-order valence-electron chi connectivity index (χ2n) is 5.88. The number of nitrogens with one attached hydrogen (secondary N) is 1. The minimum atomic E-state index is -0.775. The first kappa shape index (κ1) is 16.0. The summed E-state index contributed by atoms with van der Waals surface area (Å²) in [4.78, 5) is 13.5. The SMILES string of the molecule is CC(C(=O)O)c1ccc(CNCCCN2CCCC2)cc1. The van der Waals surface area contributed by atoms with Crippen molar-refractivity contribution in [2.75, 3.05) is 26.2 Å². The molecule has 0 aliphatic carbocycles. The number of nitrogens with zero attached hydrogens (tertiary/aromatic N) is 1. The molecule has 1 aliphatic heterocycles. The van der Waals surface area contributed by atoms with E-state index in [1.54, 1.807) is 6.92 Å². The molecular formula is C17H26N2O2. The van der Waals surface area contributed by atoms with E-state index in [4.69, 9.17) is 5.11 Å². The van der Waals surface area contributed by atoms with E-state index in [0.29, 0.717) is 0 Å². The summed E-state index contributed by atoms with van der Waals surface area (Å²) in [5.41, 5.74) is 2.07. The molecule has 1 fully saturated rings. The maximum atomic E-state index is 10.9. The fourth-order valence-corrected chi connectivity index (χ4v) is 2.73. The number of aliphatic carboxylic acids is 1. The molecule has 4 heteroatoms. The van der Waals surface area contributed by atoms with E-state index in [2.05, 4.69) is 10.2 Å². The Balaban J connectivity index is 1.65. The minimum Gasteiger partial charge on any atom is -0.481 e. The van der Waals surface area contributed by atoms with Gasteiger partial charge in [0.2, 0.25) is 0 Å². The van der Waals surface area contributed by atoms with Crippen LogP contribution < -0.4 is 5.32 Å². The number of hydrogen-bond donors (Lipinski definition) is 2. The zero-order valence-corrected chi connectivity index (χ0v) is 12.8. The van der Waals surface area contributed by atoms with Gasteiger partial charge >= 0.3 is 5.97 Å². The van der Waals surface area contributed by atoms with E-state index in [1.165, 1.54) is 44.5 Å². The molecule has 0 amide bonds. The third-order valence-corrected chi connectivity index (χ3v) is 4.21. The van der Waals surface area contributed by atoms with Crippen LogP contribution in [-0.4, -0.2) is 42.2 Å². The van der Waals surface area contributed by atoms with Crippen LogP contribution in [0.2, 0.25) is 0 Å². The standard InChI is InChI=1S/C17H26N2O2/c1-14(17(20)21)16-7-5-15(6-8-16)13-18-9-4-12-19-10-2-3-11-19/h5-8,14,18H,2-4,9-13H2,1H3,(H,20,21). The van der Waals surface area contributed by atoms with E-state index < -0.39 is 11.9 Å². The first-order chi connectivity index (χ1) is 10.2. The Morgan fingerprint density at radius 1 is 1.29 bits per heavy atom. The van der Waals surface area contributed by atoms with Crippen molar-refractivity contribution < 1.29 is 9.90 Å². The van der Waals surface area contributed by atoms with Gasteiger partial charge in [-0.15, -0.1) is 0 Å². The predicted octanol–water partition coefficient (Wildman–Crippen LogP) is 2.45. The van der Waals surface area contributed by atoms with Crippen LogP contribution in [-0.2, 0) is 11.3 Å². The van der Waals surface area contributed by atoms with Gasteiger partial charge in [-0.2, -0.15) is 0 Å².